The van der Waals surface area contributed by atoms with Gasteiger partial charge in [0.2, 0.25) is 11.4 Å². The number of rotatable bonds is 3. The molecule has 0 bridgehead atoms. The van der Waals surface area contributed by atoms with E-state index in [1.54, 1.807) is 0 Å². The Morgan fingerprint density at radius 2 is 1.44 bits per heavy atom. The quantitative estimate of drug-likeness (QED) is 0.254. The maximum absolute atomic E-state index is 14.1. The molecule has 0 saturated heterocycles. The number of hydrogen-bond donors (Lipinski definition) is 0. The number of benzene rings is 2. The van der Waals surface area contributed by atoms with Crippen LogP contribution in [-0.2, 0) is 6.42 Å². The fourth-order valence-corrected chi connectivity index (χ4v) is 2.92. The molecule has 126 valence electrons. The molecule has 2 rings (SSSR count). The molecule has 0 atom stereocenters. The third kappa shape index (κ3) is 3.35. The molecule has 0 saturated carbocycles. The van der Waals surface area contributed by atoms with Crippen LogP contribution in [0.25, 0.3) is 9.69 Å². The van der Waals surface area contributed by atoms with Crippen molar-refractivity contribution < 1.29 is 13.7 Å². The normalized spacial score (nSPS) is 10.2. The van der Waals surface area contributed by atoms with E-state index < -0.39 is 34.2 Å². The summed E-state index contributed by atoms with van der Waals surface area (Å²) in [4.78, 5) is 15.9. The molecule has 0 heterocycles. The average Bonchev–Trinajstić information content (AvgIpc) is 2.56. The molecule has 0 aliphatic heterocycles. The van der Waals surface area contributed by atoms with Gasteiger partial charge in [0.25, 0.3) is 5.69 Å². The summed E-state index contributed by atoms with van der Waals surface area (Å²) in [6.07, 6.45) is -0.506. The molecule has 0 amide bonds. The third-order valence-electron chi connectivity index (χ3n) is 3.28. The molecule has 0 aromatic heterocycles. The Labute approximate surface area is 155 Å². The van der Waals surface area contributed by atoms with Gasteiger partial charge in [-0.25, -0.2) is 18.5 Å². The van der Waals surface area contributed by atoms with Crippen molar-refractivity contribution in [2.45, 2.75) is 6.42 Å². The lowest BCUT2D eigenvalue weighted by atomic mass is 10.0. The van der Waals surface area contributed by atoms with Crippen molar-refractivity contribution in [3.8, 4) is 0 Å². The van der Waals surface area contributed by atoms with Gasteiger partial charge >= 0.3 is 0 Å². The van der Waals surface area contributed by atoms with E-state index in [4.69, 9.17) is 47.9 Å². The van der Waals surface area contributed by atoms with Crippen molar-refractivity contribution in [1.82, 2.24) is 0 Å². The minimum Gasteiger partial charge on any atom is -0.258 e. The first-order valence-corrected chi connectivity index (χ1v) is 7.42. The molecule has 0 radical (unpaired) electrons. The zero-order chi connectivity index (χ0) is 18.9. The summed E-state index contributed by atoms with van der Waals surface area (Å²) in [5, 5.41) is 9.90. The summed E-state index contributed by atoms with van der Waals surface area (Å²) in [6, 6.07) is 1.12. The Morgan fingerprint density at radius 1 is 0.960 bits per heavy atom. The molecule has 0 aliphatic rings. The van der Waals surface area contributed by atoms with Gasteiger partial charge in [-0.2, -0.15) is 0 Å². The Bertz CT molecular complexity index is 974. The Balaban J connectivity index is 2.68. The summed E-state index contributed by atoms with van der Waals surface area (Å²) in [5.74, 6) is -2.35. The van der Waals surface area contributed by atoms with Crippen molar-refractivity contribution in [2.75, 3.05) is 0 Å². The van der Waals surface area contributed by atoms with E-state index in [0.29, 0.717) is 12.1 Å². The average molecular weight is 403 g/mol. The second kappa shape index (κ2) is 7.20. The van der Waals surface area contributed by atoms with Gasteiger partial charge in [0.05, 0.1) is 40.2 Å². The lowest BCUT2D eigenvalue weighted by molar-refractivity contribution is -0.385. The molecule has 0 unspecified atom stereocenters. The molecule has 0 N–H and O–H groups in total. The highest BCUT2D eigenvalue weighted by Crippen LogP contribution is 2.49. The molecule has 0 fully saturated rings. The van der Waals surface area contributed by atoms with Gasteiger partial charge in [0.15, 0.2) is 0 Å². The first-order chi connectivity index (χ1) is 11.7. The highest BCUT2D eigenvalue weighted by Gasteiger charge is 2.24. The van der Waals surface area contributed by atoms with Crippen LogP contribution in [0.5, 0.6) is 0 Å². The minimum atomic E-state index is -1.17. The number of nitro groups is 1. The summed E-state index contributed by atoms with van der Waals surface area (Å²) >= 11 is 18.0. The number of nitrogens with zero attached hydrogens (tertiary/aromatic N) is 3. The second-order valence-corrected chi connectivity index (χ2v) is 5.80. The van der Waals surface area contributed by atoms with Gasteiger partial charge in [-0.05, 0) is 5.56 Å². The monoisotopic (exact) mass is 401 g/mol. The van der Waals surface area contributed by atoms with Gasteiger partial charge in [0, 0.05) is 17.0 Å². The van der Waals surface area contributed by atoms with Gasteiger partial charge in [-0.1, -0.05) is 34.8 Å². The minimum absolute atomic E-state index is 0.0570. The number of non-ortho nitro benzene ring substituents is 1. The van der Waals surface area contributed by atoms with Crippen LogP contribution in [-0.4, -0.2) is 4.92 Å². The van der Waals surface area contributed by atoms with Gasteiger partial charge < -0.3 is 0 Å². The summed E-state index contributed by atoms with van der Waals surface area (Å²) in [7, 11) is 0. The molecule has 2 aromatic rings. The molecule has 25 heavy (non-hydrogen) atoms. The fraction of sp³-hybridized carbons (Fsp3) is 0.0667. The molecule has 0 spiro atoms. The number of nitro benzene ring substituents is 1. The van der Waals surface area contributed by atoms with Crippen molar-refractivity contribution in [2.24, 2.45) is 0 Å². The Hall–Kier alpha value is -2.45. The van der Waals surface area contributed by atoms with Crippen LogP contribution in [0.1, 0.15) is 11.1 Å². The standard InChI is InChI=1S/C15H4Cl3F2N3O2/c1-21-14-12(17)8(11(16)13(18)15(14)22-2)5-7-9(19)3-6(23(24)25)4-10(7)20/h3-4H,5H2. The highest BCUT2D eigenvalue weighted by molar-refractivity contribution is 6.47. The molecule has 2 aromatic carbocycles. The summed E-state index contributed by atoms with van der Waals surface area (Å²) in [5.41, 5.74) is -1.89. The van der Waals surface area contributed by atoms with Crippen LogP contribution in [0.3, 0.4) is 0 Å². The lowest BCUT2D eigenvalue weighted by Gasteiger charge is -2.13. The van der Waals surface area contributed by atoms with Crippen molar-refractivity contribution in [3.05, 3.63) is 82.9 Å². The van der Waals surface area contributed by atoms with Crippen molar-refractivity contribution in [3.63, 3.8) is 0 Å². The van der Waals surface area contributed by atoms with Crippen LogP contribution in [0.15, 0.2) is 12.1 Å². The first kappa shape index (κ1) is 18.9. The summed E-state index contributed by atoms with van der Waals surface area (Å²) < 4.78 is 28.2. The number of halogens is 5. The fourth-order valence-electron chi connectivity index (χ4n) is 2.08. The molecule has 10 heteroatoms. The first-order valence-electron chi connectivity index (χ1n) is 6.29. The van der Waals surface area contributed by atoms with Gasteiger partial charge in [-0.15, -0.1) is 0 Å². The zero-order valence-electron chi connectivity index (χ0n) is 11.9. The molecular weight excluding hydrogens is 399 g/mol. The van der Waals surface area contributed by atoms with Gasteiger partial charge in [0.1, 0.15) is 11.6 Å². The van der Waals surface area contributed by atoms with Crippen LogP contribution < -0.4 is 0 Å². The van der Waals surface area contributed by atoms with E-state index >= 15 is 0 Å². The molecule has 0 aliphatic carbocycles. The van der Waals surface area contributed by atoms with E-state index in [-0.39, 0.29) is 32.0 Å². The van der Waals surface area contributed by atoms with Crippen LogP contribution in [0.2, 0.25) is 15.1 Å². The van der Waals surface area contributed by atoms with E-state index in [1.165, 1.54) is 0 Å². The van der Waals surface area contributed by atoms with E-state index in [2.05, 4.69) is 9.69 Å². The smallest absolute Gasteiger partial charge is 0.258 e. The Morgan fingerprint density at radius 3 is 1.88 bits per heavy atom. The lowest BCUT2D eigenvalue weighted by Crippen LogP contribution is -2.01. The largest absolute Gasteiger partial charge is 0.275 e. The SMILES string of the molecule is [C-]#[N+]c1c(Cl)c(Cl)c(Cc2c(F)cc([N+](=O)[O-])cc2F)c(Cl)c1[N+]#[C-]. The predicted octanol–water partition coefficient (Wildman–Crippen LogP) is 6.53. The number of hydrogen-bond acceptors (Lipinski definition) is 2. The predicted molar refractivity (Wildman–Crippen MR) is 89.8 cm³/mol. The van der Waals surface area contributed by atoms with Crippen molar-refractivity contribution >= 4 is 51.9 Å². The van der Waals surface area contributed by atoms with Crippen molar-refractivity contribution in [1.29, 1.82) is 0 Å². The maximum Gasteiger partial charge on any atom is 0.275 e. The third-order valence-corrected chi connectivity index (χ3v) is 4.57. The molecule has 5 nitrogen and oxygen atoms in total. The van der Waals surface area contributed by atoms with Gasteiger partial charge in [-0.3, -0.25) is 10.1 Å². The van der Waals surface area contributed by atoms with Crippen LogP contribution >= 0.6 is 34.8 Å². The van der Waals surface area contributed by atoms with E-state index in [1.807, 2.05) is 0 Å². The second-order valence-electron chi connectivity index (χ2n) is 4.66. The highest BCUT2D eigenvalue weighted by atomic mass is 35.5. The Kier molecular flexibility index (Phi) is 5.44. The van der Waals surface area contributed by atoms with E-state index in [9.17, 15) is 18.9 Å². The van der Waals surface area contributed by atoms with Crippen LogP contribution in [0.4, 0.5) is 25.8 Å². The molecular formula is C15H4Cl3F2N3O2. The maximum atomic E-state index is 14.1. The summed E-state index contributed by atoms with van der Waals surface area (Å²) in [6.45, 7) is 14.1. The van der Waals surface area contributed by atoms with E-state index in [0.717, 1.165) is 0 Å². The zero-order valence-corrected chi connectivity index (χ0v) is 14.2. The van der Waals surface area contributed by atoms with Crippen LogP contribution in [0, 0.1) is 34.9 Å². The topological polar surface area (TPSA) is 51.9 Å².